The van der Waals surface area contributed by atoms with Crippen molar-refractivity contribution >= 4 is 17.8 Å². The maximum Gasteiger partial charge on any atom is 0.270 e. The van der Waals surface area contributed by atoms with E-state index >= 15 is 0 Å². The van der Waals surface area contributed by atoms with E-state index in [0.717, 1.165) is 12.8 Å². The number of hydrogen-bond donors (Lipinski definition) is 2. The van der Waals surface area contributed by atoms with Crippen molar-refractivity contribution in [3.8, 4) is 5.75 Å². The van der Waals surface area contributed by atoms with Gasteiger partial charge in [-0.15, -0.1) is 0 Å². The van der Waals surface area contributed by atoms with Crippen LogP contribution in [0, 0.1) is 27.9 Å². The largest absolute Gasteiger partial charge is 0.507 e. The Morgan fingerprint density at radius 3 is 2.68 bits per heavy atom. The number of benzene rings is 1. The lowest BCUT2D eigenvalue weighted by Gasteiger charge is -2.04. The Labute approximate surface area is 127 Å². The van der Waals surface area contributed by atoms with Crippen LogP contribution in [0.3, 0.4) is 0 Å². The van der Waals surface area contributed by atoms with Crippen LogP contribution in [0.25, 0.3) is 0 Å². The summed E-state index contributed by atoms with van der Waals surface area (Å²) in [6.45, 7) is 0. The Hall–Kier alpha value is -2.44. The molecule has 0 bridgehead atoms. The smallest absolute Gasteiger partial charge is 0.270 e. The fourth-order valence-corrected chi connectivity index (χ4v) is 3.38. The zero-order valence-corrected chi connectivity index (χ0v) is 11.9. The van der Waals surface area contributed by atoms with Gasteiger partial charge in [-0.2, -0.15) is 5.10 Å². The Kier molecular flexibility index (Phi) is 3.79. The fourth-order valence-electron chi connectivity index (χ4n) is 3.38. The highest BCUT2D eigenvalue weighted by Crippen LogP contribution is 2.55. The van der Waals surface area contributed by atoms with Crippen LogP contribution in [-0.2, 0) is 4.79 Å². The number of nitro benzene ring substituents is 1. The number of hydrazone groups is 1. The number of rotatable bonds is 4. The summed E-state index contributed by atoms with van der Waals surface area (Å²) in [4.78, 5) is 22.2. The monoisotopic (exact) mass is 303 g/mol. The van der Waals surface area contributed by atoms with E-state index < -0.39 is 4.92 Å². The van der Waals surface area contributed by atoms with Gasteiger partial charge in [-0.25, -0.2) is 5.43 Å². The molecule has 0 saturated heterocycles. The van der Waals surface area contributed by atoms with Crippen molar-refractivity contribution in [1.29, 1.82) is 0 Å². The topological polar surface area (TPSA) is 105 Å². The molecule has 3 atom stereocenters. The van der Waals surface area contributed by atoms with Crippen LogP contribution in [0.15, 0.2) is 23.3 Å². The van der Waals surface area contributed by atoms with Crippen molar-refractivity contribution in [2.45, 2.75) is 25.7 Å². The number of carbonyl (C=O) groups is 1. The maximum absolute atomic E-state index is 12.0. The molecule has 0 aliphatic heterocycles. The zero-order chi connectivity index (χ0) is 15.7. The molecule has 2 N–H and O–H groups in total. The minimum Gasteiger partial charge on any atom is -0.507 e. The van der Waals surface area contributed by atoms with E-state index in [-0.39, 0.29) is 28.8 Å². The average molecular weight is 303 g/mol. The summed E-state index contributed by atoms with van der Waals surface area (Å²) in [6.07, 6.45) is 5.83. The molecule has 2 aliphatic carbocycles. The molecule has 0 radical (unpaired) electrons. The van der Waals surface area contributed by atoms with Gasteiger partial charge in [0.25, 0.3) is 5.69 Å². The number of phenols is 1. The van der Waals surface area contributed by atoms with Crippen LogP contribution in [0.4, 0.5) is 5.69 Å². The zero-order valence-electron chi connectivity index (χ0n) is 11.9. The molecule has 7 heteroatoms. The number of amides is 1. The first-order valence-corrected chi connectivity index (χ1v) is 7.38. The molecule has 116 valence electrons. The van der Waals surface area contributed by atoms with Crippen LogP contribution >= 0.6 is 0 Å². The third kappa shape index (κ3) is 2.79. The number of phenolic OH excluding ortho intramolecular Hbond substituents is 1. The highest BCUT2D eigenvalue weighted by atomic mass is 16.6. The van der Waals surface area contributed by atoms with Crippen molar-refractivity contribution in [3.63, 3.8) is 0 Å². The highest BCUT2D eigenvalue weighted by Gasteiger charge is 2.54. The third-order valence-electron chi connectivity index (χ3n) is 4.56. The minimum atomic E-state index is -0.551. The Morgan fingerprint density at radius 2 is 2.05 bits per heavy atom. The first kappa shape index (κ1) is 14.5. The summed E-state index contributed by atoms with van der Waals surface area (Å²) >= 11 is 0. The number of carbonyl (C=O) groups excluding carboxylic acids is 1. The van der Waals surface area contributed by atoms with Gasteiger partial charge in [0, 0.05) is 23.6 Å². The fraction of sp³-hybridized carbons (Fsp3) is 0.467. The van der Waals surface area contributed by atoms with Crippen LogP contribution in [-0.4, -0.2) is 22.2 Å². The lowest BCUT2D eigenvalue weighted by atomic mass is 10.0. The second-order valence-corrected chi connectivity index (χ2v) is 5.87. The van der Waals surface area contributed by atoms with Gasteiger partial charge < -0.3 is 5.11 Å². The van der Waals surface area contributed by atoms with Crippen molar-refractivity contribution in [2.24, 2.45) is 22.9 Å². The van der Waals surface area contributed by atoms with E-state index in [1.807, 2.05) is 0 Å². The minimum absolute atomic E-state index is 0.0540. The number of nitrogens with zero attached hydrogens (tertiary/aromatic N) is 2. The molecule has 0 spiro atoms. The van der Waals surface area contributed by atoms with Gasteiger partial charge in [0.15, 0.2) is 0 Å². The van der Waals surface area contributed by atoms with Gasteiger partial charge in [-0.3, -0.25) is 14.9 Å². The second-order valence-electron chi connectivity index (χ2n) is 5.87. The highest BCUT2D eigenvalue weighted by molar-refractivity contribution is 5.87. The van der Waals surface area contributed by atoms with Crippen LogP contribution in [0.5, 0.6) is 5.75 Å². The lowest BCUT2D eigenvalue weighted by Crippen LogP contribution is -2.20. The molecular weight excluding hydrogens is 286 g/mol. The molecule has 0 aromatic heterocycles. The molecule has 2 saturated carbocycles. The molecule has 3 rings (SSSR count). The maximum atomic E-state index is 12.0. The summed E-state index contributed by atoms with van der Waals surface area (Å²) in [7, 11) is 0. The Morgan fingerprint density at radius 1 is 1.36 bits per heavy atom. The van der Waals surface area contributed by atoms with E-state index in [1.54, 1.807) is 0 Å². The number of nitro groups is 1. The number of nitrogens with one attached hydrogen (secondary N) is 1. The van der Waals surface area contributed by atoms with Crippen LogP contribution in [0.2, 0.25) is 0 Å². The summed E-state index contributed by atoms with van der Waals surface area (Å²) in [5.41, 5.74) is 2.53. The van der Waals surface area contributed by atoms with E-state index in [2.05, 4.69) is 10.5 Å². The summed E-state index contributed by atoms with van der Waals surface area (Å²) in [5.74, 6) is 0.824. The predicted octanol–water partition coefficient (Wildman–Crippen LogP) is 2.19. The van der Waals surface area contributed by atoms with E-state index in [4.69, 9.17) is 0 Å². The summed E-state index contributed by atoms with van der Waals surface area (Å²) in [6, 6.07) is 3.65. The van der Waals surface area contributed by atoms with E-state index in [0.29, 0.717) is 11.8 Å². The van der Waals surface area contributed by atoms with Crippen molar-refractivity contribution in [2.75, 3.05) is 0 Å². The van der Waals surface area contributed by atoms with Gasteiger partial charge >= 0.3 is 0 Å². The van der Waals surface area contributed by atoms with E-state index in [9.17, 15) is 20.0 Å². The van der Waals surface area contributed by atoms with Gasteiger partial charge in [0.2, 0.25) is 5.91 Å². The van der Waals surface area contributed by atoms with Gasteiger partial charge in [-0.05, 0) is 30.7 Å². The molecule has 2 aliphatic rings. The predicted molar refractivity (Wildman–Crippen MR) is 79.4 cm³/mol. The second kappa shape index (κ2) is 5.75. The molecule has 2 fully saturated rings. The average Bonchev–Trinajstić information content (AvgIpc) is 3.23. The van der Waals surface area contributed by atoms with Gasteiger partial charge in [0.05, 0.1) is 11.1 Å². The lowest BCUT2D eigenvalue weighted by molar-refractivity contribution is -0.384. The molecular formula is C15H17N3O4. The summed E-state index contributed by atoms with van der Waals surface area (Å²) < 4.78 is 0. The molecule has 0 heterocycles. The quantitative estimate of drug-likeness (QED) is 0.505. The SMILES string of the molecule is O=C(N/N=C/c1cc([N+](=O)[O-])ccc1O)C1[C@H]2CCCC[C@@H]12. The number of non-ortho nitro benzene ring substituents is 1. The first-order chi connectivity index (χ1) is 10.6. The normalized spacial score (nSPS) is 26.5. The first-order valence-electron chi connectivity index (χ1n) is 7.38. The van der Waals surface area contributed by atoms with Gasteiger partial charge in [0.1, 0.15) is 5.75 Å². The standard InChI is InChI=1S/C15H17N3O4/c19-13-6-5-10(18(21)22)7-9(13)8-16-17-15(20)14-11-3-1-2-4-12(11)14/h5-8,11-12,14,19H,1-4H2,(H,17,20)/b16-8+/t11-,12+,14?. The Bertz CT molecular complexity index is 632. The molecule has 7 nitrogen and oxygen atoms in total. The molecule has 22 heavy (non-hydrogen) atoms. The Balaban J connectivity index is 1.61. The molecule has 1 aromatic rings. The third-order valence-corrected chi connectivity index (χ3v) is 4.56. The van der Waals surface area contributed by atoms with Gasteiger partial charge in [-0.1, -0.05) is 12.8 Å². The molecule has 1 unspecified atom stereocenters. The number of aromatic hydroxyl groups is 1. The van der Waals surface area contributed by atoms with Crippen LogP contribution in [0.1, 0.15) is 31.2 Å². The van der Waals surface area contributed by atoms with Crippen molar-refractivity contribution < 1.29 is 14.8 Å². The van der Waals surface area contributed by atoms with Crippen molar-refractivity contribution in [1.82, 2.24) is 5.43 Å². The van der Waals surface area contributed by atoms with E-state index in [1.165, 1.54) is 37.3 Å². The van der Waals surface area contributed by atoms with Crippen LogP contribution < -0.4 is 5.43 Å². The number of fused-ring (bicyclic) bond motifs is 1. The van der Waals surface area contributed by atoms with Crippen molar-refractivity contribution in [3.05, 3.63) is 33.9 Å². The number of hydrogen-bond acceptors (Lipinski definition) is 5. The summed E-state index contributed by atoms with van der Waals surface area (Å²) in [5, 5.41) is 24.2. The molecule has 1 aromatic carbocycles. The molecule has 1 amide bonds.